The summed E-state index contributed by atoms with van der Waals surface area (Å²) in [5.74, 6) is 0. The minimum atomic E-state index is 0. The minimum Gasteiger partial charge on any atom is -0.870 e. The maximum absolute atomic E-state index is 6.62. The third-order valence-corrected chi connectivity index (χ3v) is 0. The normalized spacial score (nSPS) is 1.64. The average Bonchev–Trinajstić information content (AvgIpc) is 0.918. The van der Waals surface area contributed by atoms with E-state index in [0.717, 1.165) is 0 Å². The van der Waals surface area contributed by atoms with Crippen LogP contribution in [-0.4, -0.2) is 43.4 Å². The molecule has 0 aliphatic carbocycles. The van der Waals surface area contributed by atoms with E-state index < -0.39 is 0 Å². The Morgan fingerprint density at radius 2 is 0.545 bits per heavy atom. The van der Waals surface area contributed by atoms with Gasteiger partial charge in [0, 0.05) is 0 Å². The van der Waals surface area contributed by atoms with E-state index in [-0.39, 0.29) is 107 Å². The van der Waals surface area contributed by atoms with Crippen LogP contribution >= 0.6 is 0 Å². The fourth-order valence-corrected chi connectivity index (χ4v) is 0. The molecule has 9 nitrogen and oxygen atoms in total. The third kappa shape index (κ3) is 278. The smallest absolute Gasteiger partial charge is 0.870 e. The van der Waals surface area contributed by atoms with Gasteiger partial charge in [-0.05, 0) is 0 Å². The molecule has 0 amide bonds. The van der Waals surface area contributed by atoms with Crippen molar-refractivity contribution < 1.29 is 122 Å². The van der Waals surface area contributed by atoms with Crippen molar-refractivity contribution in [2.24, 2.45) is 0 Å². The maximum atomic E-state index is 6.62. The van der Waals surface area contributed by atoms with Crippen LogP contribution in [0.3, 0.4) is 0 Å². The summed E-state index contributed by atoms with van der Waals surface area (Å²) in [7, 11) is 0. The molecule has 0 rings (SSSR count). The van der Waals surface area contributed by atoms with E-state index in [2.05, 4.69) is 5.04 Å². The summed E-state index contributed by atoms with van der Waals surface area (Å²) in [6, 6.07) is 0. The zero-order valence-electron chi connectivity index (χ0n) is 4.50. The quantitative estimate of drug-likeness (QED) is 0.302. The number of rotatable bonds is 0. The molecular formula is H8Lu2O9. The standard InChI is InChI=1S/2Lu.H2O3.6H2O/c;;1-3-2;;;;;;/h;;1-2H;6*1H2/q2*+3;;;;;;;/p-6. The van der Waals surface area contributed by atoms with E-state index in [9.17, 15) is 0 Å². The Morgan fingerprint density at radius 3 is 0.545 bits per heavy atom. The molecule has 0 aromatic heterocycles. The predicted molar refractivity (Wildman–Crippen MR) is 18.0 cm³/mol. The summed E-state index contributed by atoms with van der Waals surface area (Å²) < 4.78 is 0. The van der Waals surface area contributed by atoms with Gasteiger partial charge in [-0.3, -0.25) is 0 Å². The first-order chi connectivity index (χ1) is 1.41. The van der Waals surface area contributed by atoms with Crippen LogP contribution in [0.25, 0.3) is 0 Å². The fourth-order valence-electron chi connectivity index (χ4n) is 0. The van der Waals surface area contributed by atoms with Gasteiger partial charge in [0.15, 0.2) is 0 Å². The Labute approximate surface area is 120 Å². The summed E-state index contributed by atoms with van der Waals surface area (Å²) in [5.41, 5.74) is 0. The van der Waals surface area contributed by atoms with E-state index >= 15 is 0 Å². The molecule has 11 heavy (non-hydrogen) atoms. The van der Waals surface area contributed by atoms with Crippen LogP contribution < -0.4 is 0 Å². The Bertz CT molecular complexity index is 7.52. The van der Waals surface area contributed by atoms with Crippen molar-refractivity contribution in [1.82, 2.24) is 0 Å². The van der Waals surface area contributed by atoms with Gasteiger partial charge in [0.05, 0.1) is 0 Å². The van der Waals surface area contributed by atoms with E-state index in [1.54, 1.807) is 0 Å². The first-order valence-electron chi connectivity index (χ1n) is 0.365. The van der Waals surface area contributed by atoms with Crippen molar-refractivity contribution in [2.75, 3.05) is 0 Å². The van der Waals surface area contributed by atoms with Gasteiger partial charge >= 0.3 is 73.7 Å². The van der Waals surface area contributed by atoms with Crippen molar-refractivity contribution >= 4 is 0 Å². The van der Waals surface area contributed by atoms with Gasteiger partial charge in [-0.25, -0.2) is 10.5 Å². The van der Waals surface area contributed by atoms with Gasteiger partial charge in [0.2, 0.25) is 0 Å². The largest absolute Gasteiger partial charge is 3.00 e. The number of hydrogen-bond donors (Lipinski definition) is 2. The van der Waals surface area contributed by atoms with Crippen LogP contribution in [0.15, 0.2) is 0 Å². The van der Waals surface area contributed by atoms with E-state index in [1.165, 1.54) is 0 Å². The third-order valence-electron chi connectivity index (χ3n) is 0. The molecule has 0 aliphatic heterocycles. The van der Waals surface area contributed by atoms with E-state index in [1.807, 2.05) is 0 Å². The van der Waals surface area contributed by atoms with E-state index in [4.69, 9.17) is 10.5 Å². The van der Waals surface area contributed by atoms with Crippen LogP contribution in [0.5, 0.6) is 0 Å². The monoisotopic (exact) mass is 502 g/mol. The molecule has 0 radical (unpaired) electrons. The molecule has 0 saturated heterocycles. The molecule has 0 aromatic rings. The van der Waals surface area contributed by atoms with Crippen molar-refractivity contribution in [2.45, 2.75) is 0 Å². The summed E-state index contributed by atoms with van der Waals surface area (Å²) in [6.07, 6.45) is 0. The van der Waals surface area contributed by atoms with Crippen LogP contribution in [0.1, 0.15) is 0 Å². The SMILES string of the molecule is OOO.[Lu+3].[Lu+3].[OH-].[OH-].[OH-].[OH-].[OH-].[OH-]. The molecule has 0 aromatic carbocycles. The van der Waals surface area contributed by atoms with Crippen molar-refractivity contribution in [3.8, 4) is 0 Å². The van der Waals surface area contributed by atoms with Gasteiger partial charge < -0.3 is 32.9 Å². The molecule has 8 N–H and O–H groups in total. The summed E-state index contributed by atoms with van der Waals surface area (Å²) in [4.78, 5) is 0. The zero-order chi connectivity index (χ0) is 2.71. The van der Waals surface area contributed by atoms with E-state index in [0.29, 0.717) is 0 Å². The molecule has 0 unspecified atom stereocenters. The van der Waals surface area contributed by atoms with Gasteiger partial charge in [-0.1, -0.05) is 5.04 Å². The first-order valence-corrected chi connectivity index (χ1v) is 0.365. The Balaban J connectivity index is -0.000000000714. The van der Waals surface area contributed by atoms with Gasteiger partial charge in [-0.2, -0.15) is 0 Å². The Hall–Kier alpha value is 2.11. The van der Waals surface area contributed by atoms with Crippen LogP contribution in [0.4, 0.5) is 0 Å². The second kappa shape index (κ2) is 155. The zero-order valence-corrected chi connectivity index (χ0v) is 7.82. The van der Waals surface area contributed by atoms with Crippen LogP contribution in [-0.2, 0) is 5.04 Å². The average molecular weight is 502 g/mol. The van der Waals surface area contributed by atoms with Crippen molar-refractivity contribution in [3.05, 3.63) is 0 Å². The summed E-state index contributed by atoms with van der Waals surface area (Å²) >= 11 is 0. The van der Waals surface area contributed by atoms with Crippen molar-refractivity contribution in [3.63, 3.8) is 0 Å². The molecule has 11 heteroatoms. The maximum Gasteiger partial charge on any atom is 3.00 e. The Kier molecular flexibility index (Phi) is 1600. The molecular weight excluding hydrogens is 494 g/mol. The van der Waals surface area contributed by atoms with Crippen LogP contribution in [0.2, 0.25) is 0 Å². The van der Waals surface area contributed by atoms with Gasteiger partial charge in [0.25, 0.3) is 0 Å². The minimum absolute atomic E-state index is 0. The fraction of sp³-hybridized carbons (Fsp3) is 0. The van der Waals surface area contributed by atoms with Gasteiger partial charge in [0.1, 0.15) is 0 Å². The van der Waals surface area contributed by atoms with Gasteiger partial charge in [-0.15, -0.1) is 0 Å². The first kappa shape index (κ1) is 114. The molecule has 0 bridgehead atoms. The second-order valence-electron chi connectivity index (χ2n) is 0.0816. The Morgan fingerprint density at radius 1 is 0.545 bits per heavy atom. The van der Waals surface area contributed by atoms with Crippen LogP contribution in [0, 0.1) is 73.7 Å². The molecule has 0 saturated carbocycles. The van der Waals surface area contributed by atoms with Crippen molar-refractivity contribution in [1.29, 1.82) is 0 Å². The predicted octanol–water partition coefficient (Wildman–Crippen LogP) is -1.11. The summed E-state index contributed by atoms with van der Waals surface area (Å²) in [6.45, 7) is 0. The summed E-state index contributed by atoms with van der Waals surface area (Å²) in [5, 5.41) is 15.5. The molecule has 0 atom stereocenters. The molecule has 0 spiro atoms. The second-order valence-corrected chi connectivity index (χ2v) is 0.0816. The molecule has 0 fully saturated rings. The molecule has 0 aliphatic rings. The number of hydrogen-bond acceptors (Lipinski definition) is 9. The molecule has 0 heterocycles. The topological polar surface area (TPSA) is 230 Å². The molecule has 92 valence electrons.